The van der Waals surface area contributed by atoms with Crippen molar-refractivity contribution in [3.8, 4) is 5.88 Å². The summed E-state index contributed by atoms with van der Waals surface area (Å²) in [6.45, 7) is 7.84. The summed E-state index contributed by atoms with van der Waals surface area (Å²) in [4.78, 5) is 4.21. The van der Waals surface area contributed by atoms with Crippen LogP contribution in [0.4, 0.5) is 0 Å². The van der Waals surface area contributed by atoms with Gasteiger partial charge in [-0.25, -0.2) is 4.98 Å². The molecule has 0 fully saturated rings. The minimum atomic E-state index is 0.480. The molecule has 1 aromatic heterocycles. The van der Waals surface area contributed by atoms with Crippen molar-refractivity contribution in [3.63, 3.8) is 0 Å². The zero-order valence-corrected chi connectivity index (χ0v) is 10.4. The number of hydrogen-bond acceptors (Lipinski definition) is 3. The third-order valence-electron chi connectivity index (χ3n) is 1.80. The number of hydrogen-bond donors (Lipinski definition) is 1. The van der Waals surface area contributed by atoms with E-state index in [4.69, 9.17) is 4.74 Å². The normalized spacial score (nSPS) is 10.0. The quantitative estimate of drug-likeness (QED) is 0.807. The minimum Gasteiger partial charge on any atom is -0.473 e. The Bertz CT molecular complexity index is 328. The second-order valence-electron chi connectivity index (χ2n) is 3.00. The van der Waals surface area contributed by atoms with Gasteiger partial charge in [0, 0.05) is 22.8 Å². The lowest BCUT2D eigenvalue weighted by molar-refractivity contribution is 0.343. The molecule has 0 bridgehead atoms. The molecule has 1 heterocycles. The van der Waals surface area contributed by atoms with E-state index in [0.29, 0.717) is 12.5 Å². The number of nitrogens with zero attached hydrogens (tertiary/aromatic N) is 1. The molecule has 0 aliphatic rings. The Balaban J connectivity index is 2.77. The highest BCUT2D eigenvalue weighted by Gasteiger charge is 2.05. The first-order valence-electron chi connectivity index (χ1n) is 4.86. The van der Waals surface area contributed by atoms with Gasteiger partial charge in [-0.15, -0.1) is 0 Å². The average molecular weight is 271 g/mol. The Hall–Kier alpha value is -0.870. The van der Waals surface area contributed by atoms with Crippen molar-refractivity contribution < 1.29 is 4.74 Å². The molecule has 1 N–H and O–H groups in total. The summed E-state index contributed by atoms with van der Waals surface area (Å²) in [6, 6.07) is 2.01. The number of halogens is 1. The lowest BCUT2D eigenvalue weighted by Crippen LogP contribution is -2.13. The SMILES string of the molecule is C=CCOc1ncc(Br)cc1CNCC. The van der Waals surface area contributed by atoms with Crippen molar-refractivity contribution in [3.05, 3.63) is 35.0 Å². The van der Waals surface area contributed by atoms with Gasteiger partial charge in [-0.1, -0.05) is 19.6 Å². The van der Waals surface area contributed by atoms with Crippen LogP contribution < -0.4 is 10.1 Å². The molecule has 0 atom stereocenters. The van der Waals surface area contributed by atoms with Crippen molar-refractivity contribution >= 4 is 15.9 Å². The molecular weight excluding hydrogens is 256 g/mol. The molecule has 0 spiro atoms. The van der Waals surface area contributed by atoms with E-state index in [2.05, 4.69) is 39.7 Å². The van der Waals surface area contributed by atoms with Crippen molar-refractivity contribution in [1.29, 1.82) is 0 Å². The lowest BCUT2D eigenvalue weighted by atomic mass is 10.2. The summed E-state index contributed by atoms with van der Waals surface area (Å²) in [5.41, 5.74) is 1.05. The predicted molar refractivity (Wildman–Crippen MR) is 65.0 cm³/mol. The highest BCUT2D eigenvalue weighted by molar-refractivity contribution is 9.10. The van der Waals surface area contributed by atoms with Crippen LogP contribution in [0.15, 0.2) is 29.4 Å². The molecule has 0 aliphatic heterocycles. The summed E-state index contributed by atoms with van der Waals surface area (Å²) in [5.74, 6) is 0.666. The van der Waals surface area contributed by atoms with Crippen LogP contribution in [0.5, 0.6) is 5.88 Å². The van der Waals surface area contributed by atoms with Gasteiger partial charge in [-0.05, 0) is 28.5 Å². The summed E-state index contributed by atoms with van der Waals surface area (Å²) in [7, 11) is 0. The fraction of sp³-hybridized carbons (Fsp3) is 0.364. The van der Waals surface area contributed by atoms with E-state index in [1.807, 2.05) is 6.07 Å². The maximum Gasteiger partial charge on any atom is 0.218 e. The Morgan fingerprint density at radius 1 is 1.67 bits per heavy atom. The first kappa shape index (κ1) is 12.2. The van der Waals surface area contributed by atoms with Gasteiger partial charge in [0.25, 0.3) is 0 Å². The van der Waals surface area contributed by atoms with Crippen LogP contribution in [-0.4, -0.2) is 18.1 Å². The summed E-state index contributed by atoms with van der Waals surface area (Å²) in [6.07, 6.45) is 3.44. The molecule has 1 rings (SSSR count). The molecule has 0 aliphatic carbocycles. The van der Waals surface area contributed by atoms with Crippen molar-refractivity contribution in [2.24, 2.45) is 0 Å². The van der Waals surface area contributed by atoms with Crippen molar-refractivity contribution in [2.75, 3.05) is 13.2 Å². The molecule has 0 radical (unpaired) electrons. The molecule has 82 valence electrons. The molecule has 4 heteroatoms. The van der Waals surface area contributed by atoms with Crippen LogP contribution in [0.2, 0.25) is 0 Å². The van der Waals surface area contributed by atoms with Crippen LogP contribution in [0, 0.1) is 0 Å². The van der Waals surface area contributed by atoms with E-state index in [9.17, 15) is 0 Å². The molecule has 0 amide bonds. The van der Waals surface area contributed by atoms with Gasteiger partial charge < -0.3 is 10.1 Å². The Morgan fingerprint density at radius 3 is 3.13 bits per heavy atom. The first-order valence-corrected chi connectivity index (χ1v) is 5.66. The number of pyridine rings is 1. The molecule has 0 unspecified atom stereocenters. The molecule has 1 aromatic rings. The highest BCUT2D eigenvalue weighted by Crippen LogP contribution is 2.19. The van der Waals surface area contributed by atoms with Gasteiger partial charge in [-0.3, -0.25) is 0 Å². The topological polar surface area (TPSA) is 34.1 Å². The van der Waals surface area contributed by atoms with E-state index >= 15 is 0 Å². The van der Waals surface area contributed by atoms with Crippen molar-refractivity contribution in [1.82, 2.24) is 10.3 Å². The first-order chi connectivity index (χ1) is 7.27. The largest absolute Gasteiger partial charge is 0.473 e. The highest BCUT2D eigenvalue weighted by atomic mass is 79.9. The van der Waals surface area contributed by atoms with Gasteiger partial charge in [0.15, 0.2) is 0 Å². The second kappa shape index (κ2) is 6.58. The number of nitrogens with one attached hydrogen (secondary N) is 1. The van der Waals surface area contributed by atoms with Crippen molar-refractivity contribution in [2.45, 2.75) is 13.5 Å². The Kier molecular flexibility index (Phi) is 5.36. The van der Waals surface area contributed by atoms with Gasteiger partial charge in [0.05, 0.1) is 0 Å². The maximum atomic E-state index is 5.45. The van der Waals surface area contributed by atoms with Crippen LogP contribution in [0.25, 0.3) is 0 Å². The zero-order chi connectivity index (χ0) is 11.1. The Labute approximate surface area is 98.7 Å². The smallest absolute Gasteiger partial charge is 0.218 e. The van der Waals surface area contributed by atoms with E-state index in [-0.39, 0.29) is 0 Å². The van der Waals surface area contributed by atoms with Gasteiger partial charge >= 0.3 is 0 Å². The fourth-order valence-electron chi connectivity index (χ4n) is 1.12. The third-order valence-corrected chi connectivity index (χ3v) is 2.23. The molecule has 0 saturated heterocycles. The summed E-state index contributed by atoms with van der Waals surface area (Å²) in [5, 5.41) is 3.24. The van der Waals surface area contributed by atoms with Crippen LogP contribution in [0.1, 0.15) is 12.5 Å². The molecule has 15 heavy (non-hydrogen) atoms. The molecule has 0 saturated carbocycles. The van der Waals surface area contributed by atoms with Crippen LogP contribution >= 0.6 is 15.9 Å². The fourth-order valence-corrected chi connectivity index (χ4v) is 1.50. The Morgan fingerprint density at radius 2 is 2.47 bits per heavy atom. The monoisotopic (exact) mass is 270 g/mol. The minimum absolute atomic E-state index is 0.480. The summed E-state index contributed by atoms with van der Waals surface area (Å²) < 4.78 is 6.41. The van der Waals surface area contributed by atoms with Gasteiger partial charge in [0.1, 0.15) is 6.61 Å². The number of aromatic nitrogens is 1. The van der Waals surface area contributed by atoms with E-state index < -0.39 is 0 Å². The third kappa shape index (κ3) is 4.01. The number of rotatable bonds is 6. The molecule has 0 aromatic carbocycles. The molecular formula is C11H15BrN2O. The maximum absolute atomic E-state index is 5.45. The standard InChI is InChI=1S/C11H15BrN2O/c1-3-5-15-11-9(7-13-4-2)6-10(12)8-14-11/h3,6,8,13H,1,4-5,7H2,2H3. The predicted octanol–water partition coefficient (Wildman–Crippen LogP) is 2.52. The van der Waals surface area contributed by atoms with Gasteiger partial charge in [-0.2, -0.15) is 0 Å². The second-order valence-corrected chi connectivity index (χ2v) is 3.91. The number of ether oxygens (including phenoxy) is 1. The van der Waals surface area contributed by atoms with Gasteiger partial charge in [0.2, 0.25) is 5.88 Å². The van der Waals surface area contributed by atoms with E-state index in [1.165, 1.54) is 0 Å². The average Bonchev–Trinajstić information content (AvgIpc) is 2.25. The summed E-state index contributed by atoms with van der Waals surface area (Å²) >= 11 is 3.39. The molecule has 3 nitrogen and oxygen atoms in total. The zero-order valence-electron chi connectivity index (χ0n) is 8.79. The van der Waals surface area contributed by atoms with E-state index in [1.54, 1.807) is 12.3 Å². The van der Waals surface area contributed by atoms with Crippen LogP contribution in [-0.2, 0) is 6.54 Å². The van der Waals surface area contributed by atoms with E-state index in [0.717, 1.165) is 23.1 Å². The lowest BCUT2D eigenvalue weighted by Gasteiger charge is -2.09. The van der Waals surface area contributed by atoms with Crippen LogP contribution in [0.3, 0.4) is 0 Å².